The fourth-order valence-electron chi connectivity index (χ4n) is 3.06. The lowest BCUT2D eigenvalue weighted by Crippen LogP contribution is -1.99. The molecule has 0 bridgehead atoms. The van der Waals surface area contributed by atoms with E-state index in [9.17, 15) is 0 Å². The first kappa shape index (κ1) is 16.3. The molecular weight excluding hydrogens is 324 g/mol. The normalized spacial score (nSPS) is 11.1. The van der Waals surface area contributed by atoms with Crippen LogP contribution in [-0.2, 0) is 0 Å². The molecule has 4 aromatic rings. The predicted octanol–water partition coefficient (Wildman–Crippen LogP) is 4.84. The quantitative estimate of drug-likeness (QED) is 0.533. The van der Waals surface area contributed by atoms with Crippen molar-refractivity contribution in [2.45, 2.75) is 27.7 Å². The summed E-state index contributed by atoms with van der Waals surface area (Å²) in [5, 5.41) is 5.29. The molecule has 0 aliphatic heterocycles. The summed E-state index contributed by atoms with van der Waals surface area (Å²) in [5.41, 5.74) is 6.32. The Morgan fingerprint density at radius 1 is 0.923 bits per heavy atom. The Bertz CT molecular complexity index is 1110. The zero-order valence-corrected chi connectivity index (χ0v) is 15.3. The van der Waals surface area contributed by atoms with Gasteiger partial charge in [-0.2, -0.15) is 5.10 Å². The maximum absolute atomic E-state index is 6.15. The highest BCUT2D eigenvalue weighted by Crippen LogP contribution is 2.31. The van der Waals surface area contributed by atoms with E-state index in [2.05, 4.69) is 61.0 Å². The van der Waals surface area contributed by atoms with Crippen LogP contribution in [0, 0.1) is 27.7 Å². The molecule has 0 spiro atoms. The van der Waals surface area contributed by atoms with Gasteiger partial charge in [-0.05, 0) is 68.1 Å². The average molecular weight is 344 g/mol. The number of nitrogens with zero attached hydrogens (tertiary/aromatic N) is 4. The van der Waals surface area contributed by atoms with Crippen LogP contribution in [0.5, 0.6) is 11.6 Å². The summed E-state index contributed by atoms with van der Waals surface area (Å²) in [6.45, 7) is 8.26. The lowest BCUT2D eigenvalue weighted by atomic mass is 10.1. The van der Waals surface area contributed by atoms with Crippen LogP contribution in [0.2, 0.25) is 0 Å². The molecule has 0 radical (unpaired) electrons. The van der Waals surface area contributed by atoms with Crippen molar-refractivity contribution in [3.05, 3.63) is 71.2 Å². The fraction of sp³-hybridized carbons (Fsp3) is 0.190. The molecule has 2 heterocycles. The Kier molecular flexibility index (Phi) is 3.92. The van der Waals surface area contributed by atoms with Crippen LogP contribution < -0.4 is 4.74 Å². The summed E-state index contributed by atoms with van der Waals surface area (Å²) in [4.78, 5) is 8.76. The molecule has 2 aromatic carbocycles. The Morgan fingerprint density at radius 3 is 2.58 bits per heavy atom. The third kappa shape index (κ3) is 2.81. The molecule has 2 aromatic heterocycles. The molecule has 4 rings (SSSR count). The van der Waals surface area contributed by atoms with Crippen LogP contribution in [0.1, 0.15) is 22.3 Å². The van der Waals surface area contributed by atoms with Gasteiger partial charge in [0.25, 0.3) is 0 Å². The molecule has 0 saturated heterocycles. The first-order valence-corrected chi connectivity index (χ1v) is 8.54. The van der Waals surface area contributed by atoms with E-state index in [4.69, 9.17) is 4.74 Å². The first-order valence-electron chi connectivity index (χ1n) is 8.54. The number of fused-ring (bicyclic) bond motifs is 1. The minimum Gasteiger partial charge on any atom is -0.438 e. The molecule has 0 aliphatic carbocycles. The average Bonchev–Trinajstić information content (AvgIpc) is 3.04. The highest BCUT2D eigenvalue weighted by Gasteiger charge is 2.14. The number of hydrogen-bond acceptors (Lipinski definition) is 4. The first-order chi connectivity index (χ1) is 12.5. The van der Waals surface area contributed by atoms with E-state index in [1.54, 1.807) is 6.20 Å². The van der Waals surface area contributed by atoms with Crippen molar-refractivity contribution in [1.29, 1.82) is 0 Å². The van der Waals surface area contributed by atoms with Crippen molar-refractivity contribution in [3.8, 4) is 17.3 Å². The van der Waals surface area contributed by atoms with E-state index >= 15 is 0 Å². The molecule has 0 aliphatic rings. The van der Waals surface area contributed by atoms with Crippen molar-refractivity contribution >= 4 is 11.0 Å². The molecule has 5 heteroatoms. The van der Waals surface area contributed by atoms with Gasteiger partial charge in [-0.15, -0.1) is 0 Å². The van der Waals surface area contributed by atoms with Gasteiger partial charge in [-0.3, -0.25) is 0 Å². The van der Waals surface area contributed by atoms with Crippen LogP contribution >= 0.6 is 0 Å². The molecule has 130 valence electrons. The molecule has 0 saturated carbocycles. The number of benzene rings is 2. The SMILES string of the molecule is Cc1cccc(-n2ncc3c(Oc4cc(C)cc(C)c4C)ncnc32)c1. The number of rotatable bonds is 3. The van der Waals surface area contributed by atoms with Gasteiger partial charge in [0.1, 0.15) is 17.5 Å². The molecule has 26 heavy (non-hydrogen) atoms. The second-order valence-corrected chi connectivity index (χ2v) is 6.62. The van der Waals surface area contributed by atoms with Crippen molar-refractivity contribution in [2.75, 3.05) is 0 Å². The number of ether oxygens (including phenoxy) is 1. The van der Waals surface area contributed by atoms with Gasteiger partial charge in [0, 0.05) is 0 Å². The Balaban J connectivity index is 1.81. The largest absolute Gasteiger partial charge is 0.438 e. The van der Waals surface area contributed by atoms with Gasteiger partial charge in [0.05, 0.1) is 11.9 Å². The number of hydrogen-bond donors (Lipinski definition) is 0. The highest BCUT2D eigenvalue weighted by molar-refractivity contribution is 5.81. The molecule has 0 atom stereocenters. The summed E-state index contributed by atoms with van der Waals surface area (Å²) in [5.74, 6) is 1.33. The van der Waals surface area contributed by atoms with E-state index in [-0.39, 0.29) is 0 Å². The second-order valence-electron chi connectivity index (χ2n) is 6.62. The standard InChI is InChI=1S/C21H20N4O/c1-13-6-5-7-17(9-13)25-20-18(11-24-25)21(23-12-22-20)26-19-10-14(2)8-15(3)16(19)4/h5-12H,1-4H3. The third-order valence-corrected chi connectivity index (χ3v) is 4.55. The van der Waals surface area contributed by atoms with Gasteiger partial charge in [0.15, 0.2) is 5.65 Å². The van der Waals surface area contributed by atoms with E-state index in [1.807, 2.05) is 22.9 Å². The smallest absolute Gasteiger partial charge is 0.233 e. The Labute approximate surface area is 152 Å². The van der Waals surface area contributed by atoms with Gasteiger partial charge in [0.2, 0.25) is 5.88 Å². The summed E-state index contributed by atoms with van der Waals surface area (Å²) in [6.07, 6.45) is 3.27. The van der Waals surface area contributed by atoms with Crippen LogP contribution in [0.4, 0.5) is 0 Å². The molecule has 5 nitrogen and oxygen atoms in total. The van der Waals surface area contributed by atoms with Gasteiger partial charge in [-0.25, -0.2) is 14.6 Å². The van der Waals surface area contributed by atoms with Crippen molar-refractivity contribution in [2.24, 2.45) is 0 Å². The molecule has 0 unspecified atom stereocenters. The summed E-state index contributed by atoms with van der Waals surface area (Å²) < 4.78 is 7.96. The minimum atomic E-state index is 0.516. The van der Waals surface area contributed by atoms with Crippen LogP contribution in [0.3, 0.4) is 0 Å². The minimum absolute atomic E-state index is 0.516. The molecule has 0 amide bonds. The van der Waals surface area contributed by atoms with Crippen molar-refractivity contribution in [3.63, 3.8) is 0 Å². The maximum atomic E-state index is 6.15. The zero-order valence-electron chi connectivity index (χ0n) is 15.3. The summed E-state index contributed by atoms with van der Waals surface area (Å²) >= 11 is 0. The van der Waals surface area contributed by atoms with Crippen LogP contribution in [-0.4, -0.2) is 19.7 Å². The number of aromatic nitrogens is 4. The molecular formula is C21H20N4O. The lowest BCUT2D eigenvalue weighted by molar-refractivity contribution is 0.464. The van der Waals surface area contributed by atoms with E-state index in [1.165, 1.54) is 17.5 Å². The van der Waals surface area contributed by atoms with E-state index in [0.29, 0.717) is 5.88 Å². The zero-order chi connectivity index (χ0) is 18.3. The second kappa shape index (κ2) is 6.26. The van der Waals surface area contributed by atoms with Crippen LogP contribution in [0.15, 0.2) is 48.9 Å². The summed E-state index contributed by atoms with van der Waals surface area (Å²) in [7, 11) is 0. The number of aryl methyl sites for hydroxylation is 3. The van der Waals surface area contributed by atoms with Gasteiger partial charge < -0.3 is 4.74 Å². The van der Waals surface area contributed by atoms with Crippen molar-refractivity contribution < 1.29 is 4.74 Å². The maximum Gasteiger partial charge on any atom is 0.233 e. The van der Waals surface area contributed by atoms with Crippen LogP contribution in [0.25, 0.3) is 16.7 Å². The van der Waals surface area contributed by atoms with E-state index < -0.39 is 0 Å². The van der Waals surface area contributed by atoms with Crippen molar-refractivity contribution in [1.82, 2.24) is 19.7 Å². The summed E-state index contributed by atoms with van der Waals surface area (Å²) in [6, 6.07) is 12.3. The Hall–Kier alpha value is -3.21. The monoisotopic (exact) mass is 344 g/mol. The highest BCUT2D eigenvalue weighted by atomic mass is 16.5. The molecule has 0 fully saturated rings. The van der Waals surface area contributed by atoms with Gasteiger partial charge in [-0.1, -0.05) is 18.2 Å². The topological polar surface area (TPSA) is 52.8 Å². The lowest BCUT2D eigenvalue weighted by Gasteiger charge is -2.11. The van der Waals surface area contributed by atoms with Gasteiger partial charge >= 0.3 is 0 Å². The Morgan fingerprint density at radius 2 is 1.77 bits per heavy atom. The molecule has 0 N–H and O–H groups in total. The third-order valence-electron chi connectivity index (χ3n) is 4.55. The van der Waals surface area contributed by atoms with E-state index in [0.717, 1.165) is 33.6 Å². The predicted molar refractivity (Wildman–Crippen MR) is 102 cm³/mol. The fourth-order valence-corrected chi connectivity index (χ4v) is 3.06.